The second kappa shape index (κ2) is 19.5. The van der Waals surface area contributed by atoms with E-state index in [1.807, 2.05) is 4.68 Å². The number of aryl methyl sites for hydroxylation is 1. The van der Waals surface area contributed by atoms with E-state index in [0.717, 1.165) is 57.0 Å². The largest absolute Gasteiger partial charge is 0.478 e. The van der Waals surface area contributed by atoms with Crippen molar-refractivity contribution >= 4 is 17.0 Å². The van der Waals surface area contributed by atoms with E-state index in [1.54, 1.807) is 12.1 Å². The lowest BCUT2D eigenvalue weighted by atomic mass is 9.97. The molecule has 2 aromatic rings. The second-order valence-corrected chi connectivity index (χ2v) is 12.5. The molecule has 270 valence electrons. The first-order chi connectivity index (χ1) is 22.1. The molecule has 0 spiro atoms. The van der Waals surface area contributed by atoms with Gasteiger partial charge in [0.25, 0.3) is 0 Å². The minimum Gasteiger partial charge on any atom is -0.478 e. The highest BCUT2D eigenvalue weighted by Crippen LogP contribution is 2.54. The Morgan fingerprint density at radius 3 is 1.40 bits per heavy atom. The molecule has 2 rings (SSSR count). The maximum atomic E-state index is 13.5. The molecule has 0 bridgehead atoms. The van der Waals surface area contributed by atoms with Crippen molar-refractivity contribution in [3.8, 4) is 0 Å². The Kier molecular flexibility index (Phi) is 16.8. The summed E-state index contributed by atoms with van der Waals surface area (Å²) in [6, 6.07) is 4.86. The molecule has 1 aromatic heterocycles. The smallest absolute Gasteiger partial charge is 0.460 e. The van der Waals surface area contributed by atoms with Crippen molar-refractivity contribution in [2.75, 3.05) is 0 Å². The summed E-state index contributed by atoms with van der Waals surface area (Å²) in [6.45, 7) is 0.762. The predicted molar refractivity (Wildman–Crippen MR) is 162 cm³/mol. The van der Waals surface area contributed by atoms with Crippen LogP contribution in [0.3, 0.4) is 0 Å². The van der Waals surface area contributed by atoms with Crippen LogP contribution in [0.2, 0.25) is 0 Å². The molecule has 0 amide bonds. The average Bonchev–Trinajstić information content (AvgIpc) is 3.41. The first-order valence-electron chi connectivity index (χ1n) is 16.9. The van der Waals surface area contributed by atoms with E-state index in [0.29, 0.717) is 18.4 Å². The van der Waals surface area contributed by atoms with Gasteiger partial charge < -0.3 is 5.11 Å². The number of aromatic nitrogens is 3. The Balaban J connectivity index is 1.34. The van der Waals surface area contributed by atoms with E-state index in [4.69, 9.17) is 5.11 Å². The Hall–Kier alpha value is -2.54. The van der Waals surface area contributed by atoms with Crippen LogP contribution in [0.5, 0.6) is 0 Å². The zero-order valence-electron chi connectivity index (χ0n) is 26.9. The number of hydrogen-bond acceptors (Lipinski definition) is 3. The molecule has 0 radical (unpaired) electrons. The summed E-state index contributed by atoms with van der Waals surface area (Å²) in [6.07, 6.45) is 10.2. The average molecular weight is 690 g/mol. The fraction of sp³-hybridized carbons (Fsp3) is 0.788. The normalized spacial score (nSPS) is 13.1. The van der Waals surface area contributed by atoms with Crippen molar-refractivity contribution in [2.45, 2.75) is 165 Å². The van der Waals surface area contributed by atoms with Gasteiger partial charge in [0.1, 0.15) is 5.52 Å². The number of halogens is 9. The van der Waals surface area contributed by atoms with Crippen molar-refractivity contribution in [2.24, 2.45) is 0 Å². The zero-order chi connectivity index (χ0) is 35.0. The van der Waals surface area contributed by atoms with Crippen LogP contribution in [-0.4, -0.2) is 50.0 Å². The highest BCUT2D eigenvalue weighted by atomic mass is 19.4. The molecule has 0 aliphatic carbocycles. The molecule has 1 heterocycles. The van der Waals surface area contributed by atoms with Gasteiger partial charge in [-0.15, -0.1) is 5.10 Å². The number of fused-ring (bicyclic) bond motifs is 1. The van der Waals surface area contributed by atoms with E-state index >= 15 is 0 Å². The summed E-state index contributed by atoms with van der Waals surface area (Å²) >= 11 is 0. The number of aromatic carboxylic acids is 1. The SMILES string of the molecule is O=C(O)c1ccc2c(c1)nnn2CCCCCCCCCCCCCCCCCCCCCCC(F)(F)C(F)(F)C(F)(F)C(F)(F)F. The van der Waals surface area contributed by atoms with E-state index in [2.05, 4.69) is 10.3 Å². The molecule has 0 aliphatic rings. The summed E-state index contributed by atoms with van der Waals surface area (Å²) in [5.41, 5.74) is 1.65. The number of alkyl halides is 9. The predicted octanol–water partition coefficient (Wildman–Crippen LogP) is 11.8. The molecule has 0 aliphatic heterocycles. The highest BCUT2D eigenvalue weighted by Gasteiger charge is 2.81. The minimum absolute atomic E-state index is 0.0619. The van der Waals surface area contributed by atoms with E-state index in [-0.39, 0.29) is 12.0 Å². The van der Waals surface area contributed by atoms with Gasteiger partial charge in [-0.2, -0.15) is 39.5 Å². The van der Waals surface area contributed by atoms with Gasteiger partial charge >= 0.3 is 29.9 Å². The maximum absolute atomic E-state index is 13.5. The number of benzene rings is 1. The summed E-state index contributed by atoms with van der Waals surface area (Å²) in [7, 11) is 0. The number of unbranched alkanes of at least 4 members (excludes halogenated alkanes) is 19. The van der Waals surface area contributed by atoms with Gasteiger partial charge in [0.15, 0.2) is 0 Å². The standard InChI is InChI=1S/C33H48F9N3O2/c34-30(35,31(36,37)32(38,39)33(40,41)42)23-19-17-15-13-11-9-7-5-3-1-2-4-6-8-10-12-14-16-18-20-24-45-28-22-21-26(29(46)47)25-27(28)43-44-45/h21-22,25H,1-20,23-24H2,(H,46,47). The van der Waals surface area contributed by atoms with Gasteiger partial charge in [0.2, 0.25) is 0 Å². The second-order valence-electron chi connectivity index (χ2n) is 12.5. The molecule has 0 unspecified atom stereocenters. The lowest BCUT2D eigenvalue weighted by molar-refractivity contribution is -0.396. The van der Waals surface area contributed by atoms with Crippen LogP contribution in [0, 0.1) is 0 Å². The quantitative estimate of drug-likeness (QED) is 0.0788. The number of carboxylic acids is 1. The summed E-state index contributed by atoms with van der Waals surface area (Å²) in [4.78, 5) is 11.1. The topological polar surface area (TPSA) is 68.0 Å². The summed E-state index contributed by atoms with van der Waals surface area (Å²) < 4.78 is 118. The fourth-order valence-corrected chi connectivity index (χ4v) is 5.63. The molecule has 47 heavy (non-hydrogen) atoms. The van der Waals surface area contributed by atoms with Gasteiger partial charge in [-0.25, -0.2) is 9.48 Å². The minimum atomic E-state index is -6.80. The highest BCUT2D eigenvalue weighted by molar-refractivity contribution is 5.92. The number of carboxylic acid groups (broad SMARTS) is 1. The molecule has 1 N–H and O–H groups in total. The molecular formula is C33H48F9N3O2. The number of nitrogens with zero attached hydrogens (tertiary/aromatic N) is 3. The molecule has 1 aromatic carbocycles. The molecule has 0 saturated carbocycles. The van der Waals surface area contributed by atoms with Gasteiger partial charge in [-0.3, -0.25) is 0 Å². The fourth-order valence-electron chi connectivity index (χ4n) is 5.63. The summed E-state index contributed by atoms with van der Waals surface area (Å²) in [5.74, 6) is -19.7. The third kappa shape index (κ3) is 12.8. The Morgan fingerprint density at radius 1 is 0.596 bits per heavy atom. The van der Waals surface area contributed by atoms with Crippen LogP contribution in [0.15, 0.2) is 18.2 Å². The van der Waals surface area contributed by atoms with Crippen LogP contribution in [0.25, 0.3) is 11.0 Å². The van der Waals surface area contributed by atoms with Crippen molar-refractivity contribution < 1.29 is 49.4 Å². The molecule has 0 saturated heterocycles. The maximum Gasteiger partial charge on any atom is 0.460 e. The molecule has 14 heteroatoms. The van der Waals surface area contributed by atoms with Gasteiger partial charge in [-0.05, 0) is 31.0 Å². The first-order valence-corrected chi connectivity index (χ1v) is 16.9. The van der Waals surface area contributed by atoms with Crippen molar-refractivity contribution in [3.05, 3.63) is 23.8 Å². The van der Waals surface area contributed by atoms with Crippen molar-refractivity contribution in [3.63, 3.8) is 0 Å². The van der Waals surface area contributed by atoms with Gasteiger partial charge in [-0.1, -0.05) is 121 Å². The van der Waals surface area contributed by atoms with Crippen LogP contribution < -0.4 is 0 Å². The van der Waals surface area contributed by atoms with Crippen LogP contribution in [0.1, 0.15) is 145 Å². The Bertz CT molecular complexity index is 1190. The zero-order valence-corrected chi connectivity index (χ0v) is 26.9. The monoisotopic (exact) mass is 689 g/mol. The molecule has 5 nitrogen and oxygen atoms in total. The molecule has 0 atom stereocenters. The molecule has 0 fully saturated rings. The number of rotatable bonds is 26. The third-order valence-electron chi connectivity index (χ3n) is 8.58. The molecular weight excluding hydrogens is 641 g/mol. The van der Waals surface area contributed by atoms with Crippen LogP contribution in [0.4, 0.5) is 39.5 Å². The van der Waals surface area contributed by atoms with Gasteiger partial charge in [0, 0.05) is 13.0 Å². The Morgan fingerprint density at radius 2 is 1.00 bits per heavy atom. The number of hydrogen-bond donors (Lipinski definition) is 1. The first kappa shape index (κ1) is 40.6. The van der Waals surface area contributed by atoms with Gasteiger partial charge in [0.05, 0.1) is 11.1 Å². The van der Waals surface area contributed by atoms with Crippen LogP contribution in [-0.2, 0) is 6.54 Å². The lowest BCUT2D eigenvalue weighted by Gasteiger charge is -2.33. The van der Waals surface area contributed by atoms with E-state index < -0.39 is 42.8 Å². The van der Waals surface area contributed by atoms with Crippen LogP contribution >= 0.6 is 0 Å². The van der Waals surface area contributed by atoms with Crippen molar-refractivity contribution in [1.82, 2.24) is 15.0 Å². The Labute approximate surface area is 270 Å². The van der Waals surface area contributed by atoms with E-state index in [9.17, 15) is 44.3 Å². The lowest BCUT2D eigenvalue weighted by Crippen LogP contribution is -2.60. The number of carbonyl (C=O) groups is 1. The van der Waals surface area contributed by atoms with E-state index in [1.165, 1.54) is 63.9 Å². The summed E-state index contributed by atoms with van der Waals surface area (Å²) in [5, 5.41) is 17.3. The van der Waals surface area contributed by atoms with Crippen molar-refractivity contribution in [1.29, 1.82) is 0 Å². The third-order valence-corrected chi connectivity index (χ3v) is 8.58.